The fourth-order valence-electron chi connectivity index (χ4n) is 4.10. The highest BCUT2D eigenvalue weighted by molar-refractivity contribution is 5.75. The lowest BCUT2D eigenvalue weighted by Gasteiger charge is -2.26. The Kier molecular flexibility index (Phi) is 7.96. The number of benzene rings is 2. The number of fused-ring (bicyclic) bond motifs is 1. The van der Waals surface area contributed by atoms with Crippen molar-refractivity contribution in [1.29, 1.82) is 5.41 Å². The lowest BCUT2D eigenvalue weighted by atomic mass is 10.1. The first-order chi connectivity index (χ1) is 14.2. The maximum Gasteiger partial charge on any atom is 1.00 e. The van der Waals surface area contributed by atoms with Crippen LogP contribution in [0.3, 0.4) is 0 Å². The van der Waals surface area contributed by atoms with Crippen LogP contribution in [0, 0.1) is 5.41 Å². The predicted octanol–water partition coefficient (Wildman–Crippen LogP) is -0.0354. The van der Waals surface area contributed by atoms with E-state index in [-0.39, 0.29) is 20.4 Å². The molecule has 1 unspecified atom stereocenters. The first kappa shape index (κ1) is 22.4. The van der Waals surface area contributed by atoms with Gasteiger partial charge in [0.25, 0.3) is 0 Å². The fraction of sp³-hybridized carbons (Fsp3) is 0.435. The lowest BCUT2D eigenvalue weighted by Crippen LogP contribution is -3.00. The molecule has 1 aliphatic heterocycles. The molecule has 4 rings (SSSR count). The highest BCUT2D eigenvalue weighted by Crippen LogP contribution is 2.15. The molecule has 1 aromatic heterocycles. The average molecular weight is 431 g/mol. The Labute approximate surface area is 185 Å². The largest absolute Gasteiger partial charge is 1.00 e. The van der Waals surface area contributed by atoms with Crippen molar-refractivity contribution in [3.8, 4) is 5.75 Å². The van der Waals surface area contributed by atoms with Crippen LogP contribution in [0.25, 0.3) is 11.0 Å². The summed E-state index contributed by atoms with van der Waals surface area (Å²) in [4.78, 5) is 2.49. The standard InChI is InChI=1S/C23H30N4O2.ClH/c24-23-26(16-15-25-13-7-2-8-14-25)21-11-5-6-12-22(21)27(23)17-19(28)18-29-20-9-3-1-4-10-20;/h1,3-6,9-12,19,24,28H,2,7-8,13-18H2;1H. The third kappa shape index (κ3) is 5.25. The van der Waals surface area contributed by atoms with Crippen LogP contribution in [-0.2, 0) is 13.1 Å². The monoisotopic (exact) mass is 430 g/mol. The average Bonchev–Trinajstić information content (AvgIpc) is 3.03. The van der Waals surface area contributed by atoms with Crippen LogP contribution in [0.15, 0.2) is 54.6 Å². The summed E-state index contributed by atoms with van der Waals surface area (Å²) in [7, 11) is 0. The van der Waals surface area contributed by atoms with Gasteiger partial charge in [-0.1, -0.05) is 36.8 Å². The van der Waals surface area contributed by atoms with Crippen molar-refractivity contribution in [1.82, 2.24) is 14.0 Å². The van der Waals surface area contributed by atoms with Crippen LogP contribution in [0.4, 0.5) is 0 Å². The number of rotatable bonds is 8. The molecule has 2 aromatic carbocycles. The van der Waals surface area contributed by atoms with Crippen molar-refractivity contribution in [2.24, 2.45) is 0 Å². The summed E-state index contributed by atoms with van der Waals surface area (Å²) in [5.41, 5.74) is 2.46. The summed E-state index contributed by atoms with van der Waals surface area (Å²) in [5, 5.41) is 19.3. The molecule has 2 heterocycles. The molecule has 1 atom stereocenters. The summed E-state index contributed by atoms with van der Waals surface area (Å²) in [6, 6.07) is 17.6. The SMILES string of the molecule is N=c1n(CCN2CCCCC2)c2ccccc2n1CC(O)COc1ccccc1.[Cl-].[H+]. The number of imidazole rings is 1. The molecule has 0 spiro atoms. The first-order valence-corrected chi connectivity index (χ1v) is 10.5. The normalized spacial score (nSPS) is 15.6. The van der Waals surface area contributed by atoms with Crippen LogP contribution in [0.2, 0.25) is 0 Å². The number of hydrogen-bond donors (Lipinski definition) is 2. The Hall–Kier alpha value is -2.28. The molecule has 0 aliphatic carbocycles. The first-order valence-electron chi connectivity index (χ1n) is 10.5. The Bertz CT molecular complexity index is 986. The van der Waals surface area contributed by atoms with Crippen LogP contribution in [-0.4, -0.2) is 51.5 Å². The summed E-state index contributed by atoms with van der Waals surface area (Å²) >= 11 is 0. The van der Waals surface area contributed by atoms with Gasteiger partial charge < -0.3 is 36.3 Å². The third-order valence-corrected chi connectivity index (χ3v) is 5.64. The minimum atomic E-state index is -0.689. The zero-order valence-electron chi connectivity index (χ0n) is 18.2. The van der Waals surface area contributed by atoms with E-state index >= 15 is 0 Å². The quantitative estimate of drug-likeness (QED) is 0.527. The van der Waals surface area contributed by atoms with Gasteiger partial charge in [-0.2, -0.15) is 0 Å². The zero-order valence-corrected chi connectivity index (χ0v) is 18.0. The molecule has 2 N–H and O–H groups in total. The number of hydrogen-bond acceptors (Lipinski definition) is 4. The second-order valence-corrected chi connectivity index (χ2v) is 7.75. The van der Waals surface area contributed by atoms with E-state index in [0.717, 1.165) is 43.0 Å². The Morgan fingerprint density at radius 1 is 0.900 bits per heavy atom. The lowest BCUT2D eigenvalue weighted by molar-refractivity contribution is -0.00000814. The van der Waals surface area contributed by atoms with Crippen molar-refractivity contribution in [3.05, 3.63) is 60.2 Å². The van der Waals surface area contributed by atoms with Crippen LogP contribution in [0.5, 0.6) is 5.75 Å². The summed E-state index contributed by atoms with van der Waals surface area (Å²) in [6.07, 6.45) is 3.18. The van der Waals surface area contributed by atoms with Gasteiger partial charge in [-0.25, -0.2) is 0 Å². The van der Waals surface area contributed by atoms with Gasteiger partial charge in [0.2, 0.25) is 5.62 Å². The van der Waals surface area contributed by atoms with E-state index in [4.69, 9.17) is 10.1 Å². The Morgan fingerprint density at radius 2 is 1.53 bits per heavy atom. The van der Waals surface area contributed by atoms with Crippen molar-refractivity contribution >= 4 is 11.0 Å². The second-order valence-electron chi connectivity index (χ2n) is 7.75. The summed E-state index contributed by atoms with van der Waals surface area (Å²) < 4.78 is 9.65. The minimum absolute atomic E-state index is 0. The zero-order chi connectivity index (χ0) is 20.1. The van der Waals surface area contributed by atoms with E-state index in [1.54, 1.807) is 0 Å². The number of aromatic nitrogens is 2. The molecule has 3 aromatic rings. The number of piperidine rings is 1. The summed E-state index contributed by atoms with van der Waals surface area (Å²) in [5.74, 6) is 0.742. The molecule has 1 saturated heterocycles. The van der Waals surface area contributed by atoms with Gasteiger partial charge in [-0.05, 0) is 50.2 Å². The number of likely N-dealkylation sites (tertiary alicyclic amines) is 1. The van der Waals surface area contributed by atoms with E-state index in [0.29, 0.717) is 12.2 Å². The van der Waals surface area contributed by atoms with Crippen LogP contribution >= 0.6 is 0 Å². The van der Waals surface area contributed by atoms with E-state index in [1.165, 1.54) is 19.3 Å². The van der Waals surface area contributed by atoms with Crippen molar-refractivity contribution in [3.63, 3.8) is 0 Å². The predicted molar refractivity (Wildman–Crippen MR) is 115 cm³/mol. The summed E-state index contributed by atoms with van der Waals surface area (Å²) in [6.45, 7) is 4.60. The van der Waals surface area contributed by atoms with Gasteiger partial charge in [0.1, 0.15) is 18.5 Å². The molecule has 1 fully saturated rings. The number of aliphatic hydroxyl groups excluding tert-OH is 1. The Balaban J connectivity index is 0.00000171. The highest BCUT2D eigenvalue weighted by Gasteiger charge is 2.16. The van der Waals surface area contributed by atoms with E-state index in [1.807, 2.05) is 53.1 Å². The number of aliphatic hydroxyl groups is 1. The molecular weight excluding hydrogens is 400 g/mol. The maximum absolute atomic E-state index is 10.5. The molecule has 0 radical (unpaired) electrons. The molecule has 0 amide bonds. The van der Waals surface area contributed by atoms with Gasteiger partial charge in [-0.15, -0.1) is 0 Å². The molecule has 1 aliphatic rings. The highest BCUT2D eigenvalue weighted by atomic mass is 35.5. The van der Waals surface area contributed by atoms with E-state index in [9.17, 15) is 5.11 Å². The number of ether oxygens (including phenoxy) is 1. The number of nitrogens with one attached hydrogen (secondary N) is 1. The Morgan fingerprint density at radius 3 is 2.23 bits per heavy atom. The molecule has 6 nitrogen and oxygen atoms in total. The molecule has 30 heavy (non-hydrogen) atoms. The van der Waals surface area contributed by atoms with Gasteiger partial charge in [0.15, 0.2) is 0 Å². The second kappa shape index (κ2) is 10.7. The van der Waals surface area contributed by atoms with E-state index < -0.39 is 6.10 Å². The topological polar surface area (TPSA) is 66.4 Å². The molecular formula is C23H31ClN4O2. The smallest absolute Gasteiger partial charge is 1.00 e. The van der Waals surface area contributed by atoms with Gasteiger partial charge in [-0.3, -0.25) is 5.41 Å². The van der Waals surface area contributed by atoms with Gasteiger partial charge >= 0.3 is 1.43 Å². The van der Waals surface area contributed by atoms with Crippen molar-refractivity contribution in [2.75, 3.05) is 26.2 Å². The molecule has 7 heteroatoms. The molecule has 0 saturated carbocycles. The molecule has 162 valence electrons. The van der Waals surface area contributed by atoms with Gasteiger partial charge in [0.05, 0.1) is 17.6 Å². The van der Waals surface area contributed by atoms with Crippen LogP contribution in [0.1, 0.15) is 20.7 Å². The fourth-order valence-corrected chi connectivity index (χ4v) is 4.10. The minimum Gasteiger partial charge on any atom is -1.00 e. The van der Waals surface area contributed by atoms with E-state index in [2.05, 4.69) is 15.5 Å². The number of halogens is 1. The molecule has 0 bridgehead atoms. The van der Waals surface area contributed by atoms with Crippen molar-refractivity contribution in [2.45, 2.75) is 38.5 Å². The third-order valence-electron chi connectivity index (χ3n) is 5.64. The number of nitrogens with zero attached hydrogens (tertiary/aromatic N) is 3. The maximum atomic E-state index is 10.5. The number of para-hydroxylation sites is 3. The van der Waals surface area contributed by atoms with Crippen LogP contribution < -0.4 is 22.8 Å². The van der Waals surface area contributed by atoms with Gasteiger partial charge in [0, 0.05) is 13.1 Å². The van der Waals surface area contributed by atoms with Crippen molar-refractivity contribution < 1.29 is 23.7 Å².